The molecule has 0 saturated heterocycles. The summed E-state index contributed by atoms with van der Waals surface area (Å²) in [5.41, 5.74) is 11.1. The first-order valence-electron chi connectivity index (χ1n) is 4.16. The predicted octanol–water partition coefficient (Wildman–Crippen LogP) is 1.10. The van der Waals surface area contributed by atoms with Crippen LogP contribution in [0.3, 0.4) is 0 Å². The van der Waals surface area contributed by atoms with Gasteiger partial charge in [0.05, 0.1) is 0 Å². The highest BCUT2D eigenvalue weighted by atomic mass is 14.6. The Bertz CT molecular complexity index is 67.7. The van der Waals surface area contributed by atoms with Gasteiger partial charge in [-0.05, 0) is 32.2 Å². The van der Waals surface area contributed by atoms with E-state index in [0.717, 1.165) is 13.0 Å². The van der Waals surface area contributed by atoms with E-state index in [1.54, 1.807) is 0 Å². The van der Waals surface area contributed by atoms with Crippen molar-refractivity contribution in [2.75, 3.05) is 6.54 Å². The molecule has 0 spiro atoms. The number of rotatable bonds is 5. The fraction of sp³-hybridized carbons (Fsp3) is 1.00. The molecule has 0 radical (unpaired) electrons. The van der Waals surface area contributed by atoms with Crippen LogP contribution in [0, 0.1) is 5.92 Å². The quantitative estimate of drug-likeness (QED) is 0.607. The molecule has 10 heavy (non-hydrogen) atoms. The second-order valence-corrected chi connectivity index (χ2v) is 3.06. The Hall–Kier alpha value is -0.0800. The normalized spacial score (nSPS) is 16.8. The molecule has 0 fully saturated rings. The third kappa shape index (κ3) is 4.77. The van der Waals surface area contributed by atoms with E-state index in [0.29, 0.717) is 12.0 Å². The van der Waals surface area contributed by atoms with Gasteiger partial charge in [-0.2, -0.15) is 0 Å². The molecule has 0 aliphatic carbocycles. The van der Waals surface area contributed by atoms with Crippen LogP contribution < -0.4 is 11.5 Å². The summed E-state index contributed by atoms with van der Waals surface area (Å²) in [5, 5.41) is 0. The Morgan fingerprint density at radius 3 is 2.20 bits per heavy atom. The van der Waals surface area contributed by atoms with Crippen molar-refractivity contribution < 1.29 is 0 Å². The lowest BCUT2D eigenvalue weighted by atomic mass is 9.98. The molecule has 4 N–H and O–H groups in total. The summed E-state index contributed by atoms with van der Waals surface area (Å²) in [6, 6.07) is 0.334. The minimum Gasteiger partial charge on any atom is -0.330 e. The Morgan fingerprint density at radius 1 is 1.30 bits per heavy atom. The van der Waals surface area contributed by atoms with Gasteiger partial charge in [-0.25, -0.2) is 0 Å². The predicted molar refractivity (Wildman–Crippen MR) is 45.7 cm³/mol. The maximum atomic E-state index is 5.61. The molecule has 2 atom stereocenters. The molecule has 62 valence electrons. The van der Waals surface area contributed by atoms with Crippen LogP contribution in [0.5, 0.6) is 0 Å². The van der Waals surface area contributed by atoms with Crippen LogP contribution in [0.1, 0.15) is 33.1 Å². The topological polar surface area (TPSA) is 52.0 Å². The average molecular weight is 144 g/mol. The highest BCUT2D eigenvalue weighted by molar-refractivity contribution is 4.61. The second-order valence-electron chi connectivity index (χ2n) is 3.06. The molecular formula is C8H20N2. The number of hydrogen-bond donors (Lipinski definition) is 2. The molecule has 0 aromatic carbocycles. The average Bonchev–Trinajstić information content (AvgIpc) is 1.90. The molecule has 0 heterocycles. The minimum atomic E-state index is 0.334. The Balaban J connectivity index is 3.26. The summed E-state index contributed by atoms with van der Waals surface area (Å²) < 4.78 is 0. The van der Waals surface area contributed by atoms with E-state index < -0.39 is 0 Å². The number of hydrogen-bond acceptors (Lipinski definition) is 2. The molecule has 2 nitrogen and oxygen atoms in total. The molecule has 0 saturated carbocycles. The zero-order valence-corrected chi connectivity index (χ0v) is 7.14. The van der Waals surface area contributed by atoms with Crippen LogP contribution in [-0.4, -0.2) is 12.6 Å². The fourth-order valence-electron chi connectivity index (χ4n) is 0.987. The Kier molecular flexibility index (Phi) is 5.64. The standard InChI is InChI=1S/C8H20N2/c1-3-8(6-9)5-4-7(2)10/h7-8H,3-6,9-10H2,1-2H3/t7?,8-/m0/s1. The van der Waals surface area contributed by atoms with Gasteiger partial charge in [0.1, 0.15) is 0 Å². The van der Waals surface area contributed by atoms with Crippen molar-refractivity contribution >= 4 is 0 Å². The first kappa shape index (κ1) is 9.92. The van der Waals surface area contributed by atoms with Crippen molar-refractivity contribution in [2.45, 2.75) is 39.2 Å². The summed E-state index contributed by atoms with van der Waals surface area (Å²) in [5.74, 6) is 0.686. The molecule has 0 aromatic heterocycles. The summed E-state index contributed by atoms with van der Waals surface area (Å²) in [6.45, 7) is 5.03. The van der Waals surface area contributed by atoms with E-state index in [2.05, 4.69) is 6.92 Å². The van der Waals surface area contributed by atoms with Crippen molar-refractivity contribution in [1.29, 1.82) is 0 Å². The van der Waals surface area contributed by atoms with Crippen molar-refractivity contribution in [3.05, 3.63) is 0 Å². The van der Waals surface area contributed by atoms with Gasteiger partial charge >= 0.3 is 0 Å². The van der Waals surface area contributed by atoms with Gasteiger partial charge in [0.25, 0.3) is 0 Å². The van der Waals surface area contributed by atoms with Crippen molar-refractivity contribution in [2.24, 2.45) is 17.4 Å². The van der Waals surface area contributed by atoms with Crippen LogP contribution in [0.15, 0.2) is 0 Å². The molecule has 0 aliphatic heterocycles. The van der Waals surface area contributed by atoms with Crippen LogP contribution >= 0.6 is 0 Å². The first-order valence-corrected chi connectivity index (χ1v) is 4.16. The maximum absolute atomic E-state index is 5.61. The molecule has 0 bridgehead atoms. The van der Waals surface area contributed by atoms with E-state index in [4.69, 9.17) is 11.5 Å². The van der Waals surface area contributed by atoms with Crippen molar-refractivity contribution in [3.8, 4) is 0 Å². The van der Waals surface area contributed by atoms with E-state index in [1.807, 2.05) is 6.92 Å². The summed E-state index contributed by atoms with van der Waals surface area (Å²) in [7, 11) is 0. The van der Waals surface area contributed by atoms with Gasteiger partial charge in [-0.15, -0.1) is 0 Å². The molecule has 0 aromatic rings. The maximum Gasteiger partial charge on any atom is 0.00105 e. The Morgan fingerprint density at radius 2 is 1.90 bits per heavy atom. The fourth-order valence-corrected chi connectivity index (χ4v) is 0.987. The molecule has 2 heteroatoms. The third-order valence-corrected chi connectivity index (χ3v) is 1.94. The van der Waals surface area contributed by atoms with Gasteiger partial charge in [0.15, 0.2) is 0 Å². The molecule has 0 amide bonds. The van der Waals surface area contributed by atoms with E-state index in [-0.39, 0.29) is 0 Å². The SMILES string of the molecule is CC[C@H](CN)CCC(C)N. The molecular weight excluding hydrogens is 124 g/mol. The van der Waals surface area contributed by atoms with E-state index >= 15 is 0 Å². The first-order chi connectivity index (χ1) is 4.70. The highest BCUT2D eigenvalue weighted by Gasteiger charge is 2.03. The van der Waals surface area contributed by atoms with Gasteiger partial charge < -0.3 is 11.5 Å². The Labute approximate surface area is 64.0 Å². The van der Waals surface area contributed by atoms with E-state index in [9.17, 15) is 0 Å². The minimum absolute atomic E-state index is 0.334. The van der Waals surface area contributed by atoms with Crippen LogP contribution in [-0.2, 0) is 0 Å². The molecule has 1 unspecified atom stereocenters. The van der Waals surface area contributed by atoms with Crippen molar-refractivity contribution in [3.63, 3.8) is 0 Å². The molecule has 0 aliphatic rings. The zero-order chi connectivity index (χ0) is 7.98. The van der Waals surface area contributed by atoms with Crippen LogP contribution in [0.4, 0.5) is 0 Å². The second kappa shape index (κ2) is 5.69. The highest BCUT2D eigenvalue weighted by Crippen LogP contribution is 2.09. The largest absolute Gasteiger partial charge is 0.330 e. The third-order valence-electron chi connectivity index (χ3n) is 1.94. The summed E-state index contributed by atoms with van der Waals surface area (Å²) >= 11 is 0. The zero-order valence-electron chi connectivity index (χ0n) is 7.14. The summed E-state index contributed by atoms with van der Waals surface area (Å²) in [6.07, 6.45) is 3.48. The van der Waals surface area contributed by atoms with Gasteiger partial charge in [0, 0.05) is 6.04 Å². The van der Waals surface area contributed by atoms with Crippen LogP contribution in [0.25, 0.3) is 0 Å². The van der Waals surface area contributed by atoms with Gasteiger partial charge in [-0.3, -0.25) is 0 Å². The van der Waals surface area contributed by atoms with Crippen LogP contribution in [0.2, 0.25) is 0 Å². The van der Waals surface area contributed by atoms with Gasteiger partial charge in [0.2, 0.25) is 0 Å². The lowest BCUT2D eigenvalue weighted by Gasteiger charge is -2.12. The number of nitrogens with two attached hydrogens (primary N) is 2. The summed E-state index contributed by atoms with van der Waals surface area (Å²) in [4.78, 5) is 0. The lowest BCUT2D eigenvalue weighted by Crippen LogP contribution is -2.19. The van der Waals surface area contributed by atoms with E-state index in [1.165, 1.54) is 12.8 Å². The monoisotopic (exact) mass is 144 g/mol. The smallest absolute Gasteiger partial charge is 0.00105 e. The lowest BCUT2D eigenvalue weighted by molar-refractivity contribution is 0.443. The molecule has 0 rings (SSSR count). The van der Waals surface area contributed by atoms with Crippen molar-refractivity contribution in [1.82, 2.24) is 0 Å². The van der Waals surface area contributed by atoms with Gasteiger partial charge in [-0.1, -0.05) is 13.3 Å².